The van der Waals surface area contributed by atoms with Crippen LogP contribution in [0.4, 0.5) is 4.39 Å². The van der Waals surface area contributed by atoms with Gasteiger partial charge in [-0.25, -0.2) is 4.39 Å². The van der Waals surface area contributed by atoms with Gasteiger partial charge in [0.25, 0.3) is 0 Å². The second-order valence-corrected chi connectivity index (χ2v) is 5.30. The van der Waals surface area contributed by atoms with Gasteiger partial charge in [0.2, 0.25) is 5.91 Å². The monoisotopic (exact) mass is 286 g/mol. The first-order valence-electron chi connectivity index (χ1n) is 6.33. The Bertz CT molecular complexity index is 437. The summed E-state index contributed by atoms with van der Waals surface area (Å²) in [6.45, 7) is 4.35. The van der Waals surface area contributed by atoms with Gasteiger partial charge in [0.1, 0.15) is 5.82 Å². The SMILES string of the molecule is CNC(=O)C(CC(C)C)NCc1cccc(Cl)c1F. The summed E-state index contributed by atoms with van der Waals surface area (Å²) in [4.78, 5) is 11.7. The minimum atomic E-state index is -0.433. The van der Waals surface area contributed by atoms with Crippen LogP contribution >= 0.6 is 11.6 Å². The molecular weight excluding hydrogens is 267 g/mol. The van der Waals surface area contributed by atoms with Crippen molar-refractivity contribution in [1.29, 1.82) is 0 Å². The van der Waals surface area contributed by atoms with Crippen molar-refractivity contribution in [3.63, 3.8) is 0 Å². The van der Waals surface area contributed by atoms with Crippen molar-refractivity contribution in [3.8, 4) is 0 Å². The second-order valence-electron chi connectivity index (χ2n) is 4.89. The molecule has 1 unspecified atom stereocenters. The highest BCUT2D eigenvalue weighted by Crippen LogP contribution is 2.18. The van der Waals surface area contributed by atoms with Crippen molar-refractivity contribution in [3.05, 3.63) is 34.6 Å². The van der Waals surface area contributed by atoms with Crippen LogP contribution in [0.25, 0.3) is 0 Å². The highest BCUT2D eigenvalue weighted by molar-refractivity contribution is 6.30. The van der Waals surface area contributed by atoms with E-state index in [2.05, 4.69) is 10.6 Å². The van der Waals surface area contributed by atoms with Crippen molar-refractivity contribution in [1.82, 2.24) is 10.6 Å². The molecule has 106 valence electrons. The number of hydrogen-bond donors (Lipinski definition) is 2. The van der Waals surface area contributed by atoms with E-state index in [4.69, 9.17) is 11.6 Å². The lowest BCUT2D eigenvalue weighted by Gasteiger charge is -2.19. The minimum Gasteiger partial charge on any atom is -0.358 e. The van der Waals surface area contributed by atoms with Crippen LogP contribution in [-0.2, 0) is 11.3 Å². The Morgan fingerprint density at radius 3 is 2.68 bits per heavy atom. The number of benzene rings is 1. The topological polar surface area (TPSA) is 41.1 Å². The molecular formula is C14H20ClFN2O. The van der Waals surface area contributed by atoms with E-state index in [1.807, 2.05) is 13.8 Å². The van der Waals surface area contributed by atoms with Gasteiger partial charge in [-0.2, -0.15) is 0 Å². The number of halogens is 2. The van der Waals surface area contributed by atoms with Crippen molar-refractivity contribution < 1.29 is 9.18 Å². The molecule has 0 aliphatic heterocycles. The van der Waals surface area contributed by atoms with Gasteiger partial charge in [-0.3, -0.25) is 4.79 Å². The lowest BCUT2D eigenvalue weighted by Crippen LogP contribution is -2.43. The van der Waals surface area contributed by atoms with Gasteiger partial charge < -0.3 is 10.6 Å². The quantitative estimate of drug-likeness (QED) is 0.844. The minimum absolute atomic E-state index is 0.0869. The molecule has 0 spiro atoms. The van der Waals surface area contributed by atoms with Crippen LogP contribution in [0, 0.1) is 11.7 Å². The molecule has 0 fully saturated rings. The maximum Gasteiger partial charge on any atom is 0.236 e. The van der Waals surface area contributed by atoms with Gasteiger partial charge in [0.15, 0.2) is 0 Å². The molecule has 2 N–H and O–H groups in total. The largest absolute Gasteiger partial charge is 0.358 e. The van der Waals surface area contributed by atoms with Crippen molar-refractivity contribution >= 4 is 17.5 Å². The molecule has 1 rings (SSSR count). The van der Waals surface area contributed by atoms with Gasteiger partial charge >= 0.3 is 0 Å². The highest BCUT2D eigenvalue weighted by atomic mass is 35.5. The fourth-order valence-electron chi connectivity index (χ4n) is 1.85. The Balaban J connectivity index is 2.70. The van der Waals surface area contributed by atoms with Gasteiger partial charge in [-0.05, 0) is 18.4 Å². The summed E-state index contributed by atoms with van der Waals surface area (Å²) < 4.78 is 13.7. The maximum atomic E-state index is 13.7. The van der Waals surface area contributed by atoms with E-state index in [9.17, 15) is 9.18 Å². The van der Waals surface area contributed by atoms with Gasteiger partial charge in [-0.1, -0.05) is 37.6 Å². The molecule has 5 heteroatoms. The molecule has 3 nitrogen and oxygen atoms in total. The Labute approximate surface area is 118 Å². The number of carbonyl (C=O) groups is 1. The van der Waals surface area contributed by atoms with Crippen LogP contribution in [0.15, 0.2) is 18.2 Å². The highest BCUT2D eigenvalue weighted by Gasteiger charge is 2.18. The molecule has 0 heterocycles. The summed E-state index contributed by atoms with van der Waals surface area (Å²) in [6.07, 6.45) is 0.696. The van der Waals surface area contributed by atoms with Crippen LogP contribution in [0.5, 0.6) is 0 Å². The van der Waals surface area contributed by atoms with E-state index in [1.54, 1.807) is 19.2 Å². The van der Waals surface area contributed by atoms with E-state index in [-0.39, 0.29) is 23.5 Å². The number of rotatable bonds is 6. The zero-order valence-electron chi connectivity index (χ0n) is 11.5. The first kappa shape index (κ1) is 15.9. The fourth-order valence-corrected chi connectivity index (χ4v) is 2.04. The van der Waals surface area contributed by atoms with Crippen molar-refractivity contribution in [2.45, 2.75) is 32.9 Å². The first-order chi connectivity index (χ1) is 8.95. The van der Waals surface area contributed by atoms with Crippen LogP contribution in [0.1, 0.15) is 25.8 Å². The average molecular weight is 287 g/mol. The predicted molar refractivity (Wildman–Crippen MR) is 75.6 cm³/mol. The normalized spacial score (nSPS) is 12.5. The van der Waals surface area contributed by atoms with Gasteiger partial charge in [0, 0.05) is 19.2 Å². The summed E-state index contributed by atoms with van der Waals surface area (Å²) in [5, 5.41) is 5.78. The Hall–Kier alpha value is -1.13. The number of amides is 1. The number of likely N-dealkylation sites (N-methyl/N-ethyl adjacent to an activating group) is 1. The maximum absolute atomic E-state index is 13.7. The number of nitrogens with one attached hydrogen (secondary N) is 2. The van der Waals surface area contributed by atoms with Crippen LogP contribution < -0.4 is 10.6 Å². The first-order valence-corrected chi connectivity index (χ1v) is 6.71. The lowest BCUT2D eigenvalue weighted by atomic mass is 10.0. The summed E-state index contributed by atoms with van der Waals surface area (Å²) in [7, 11) is 1.59. The van der Waals surface area contributed by atoms with Crippen LogP contribution in [0.2, 0.25) is 5.02 Å². The molecule has 1 atom stereocenters. The summed E-state index contributed by atoms with van der Waals surface area (Å²) in [5.41, 5.74) is 0.463. The lowest BCUT2D eigenvalue weighted by molar-refractivity contribution is -0.123. The predicted octanol–water partition coefficient (Wildman–Crippen LogP) is 2.73. The number of hydrogen-bond acceptors (Lipinski definition) is 2. The zero-order chi connectivity index (χ0) is 14.4. The molecule has 0 saturated heterocycles. The molecule has 0 bridgehead atoms. The summed E-state index contributed by atoms with van der Waals surface area (Å²) in [6, 6.07) is 4.53. The van der Waals surface area contributed by atoms with Crippen molar-refractivity contribution in [2.75, 3.05) is 7.05 Å². The Kier molecular flexibility index (Phi) is 6.25. The molecule has 0 aliphatic rings. The molecule has 1 amide bonds. The fraction of sp³-hybridized carbons (Fsp3) is 0.500. The molecule has 1 aromatic rings. The van der Waals surface area contributed by atoms with E-state index in [0.717, 1.165) is 0 Å². The third-order valence-corrected chi connectivity index (χ3v) is 3.13. The van der Waals surface area contributed by atoms with E-state index < -0.39 is 5.82 Å². The third-order valence-electron chi connectivity index (χ3n) is 2.84. The van der Waals surface area contributed by atoms with E-state index in [0.29, 0.717) is 17.9 Å². The smallest absolute Gasteiger partial charge is 0.236 e. The molecule has 0 radical (unpaired) electrons. The summed E-state index contributed by atoms with van der Waals surface area (Å²) in [5.74, 6) is -0.146. The molecule has 0 aromatic heterocycles. The summed E-state index contributed by atoms with van der Waals surface area (Å²) >= 11 is 5.72. The number of carbonyl (C=O) groups excluding carboxylic acids is 1. The second kappa shape index (κ2) is 7.46. The van der Waals surface area contributed by atoms with Gasteiger partial charge in [-0.15, -0.1) is 0 Å². The molecule has 1 aromatic carbocycles. The van der Waals surface area contributed by atoms with Crippen molar-refractivity contribution in [2.24, 2.45) is 5.92 Å². The van der Waals surface area contributed by atoms with E-state index >= 15 is 0 Å². The average Bonchev–Trinajstić information content (AvgIpc) is 2.37. The standard InChI is InChI=1S/C14H20ClFN2O/c1-9(2)7-12(14(19)17-3)18-8-10-5-4-6-11(15)13(10)16/h4-6,9,12,18H,7-8H2,1-3H3,(H,17,19). The van der Waals surface area contributed by atoms with Crippen LogP contribution in [-0.4, -0.2) is 19.0 Å². The molecule has 0 saturated carbocycles. The molecule has 19 heavy (non-hydrogen) atoms. The Morgan fingerprint density at radius 2 is 2.11 bits per heavy atom. The zero-order valence-corrected chi connectivity index (χ0v) is 12.2. The van der Waals surface area contributed by atoms with E-state index in [1.165, 1.54) is 6.07 Å². The van der Waals surface area contributed by atoms with Gasteiger partial charge in [0.05, 0.1) is 11.1 Å². The third kappa shape index (κ3) is 4.80. The molecule has 0 aliphatic carbocycles. The Morgan fingerprint density at radius 1 is 1.42 bits per heavy atom. The van der Waals surface area contributed by atoms with Crippen LogP contribution in [0.3, 0.4) is 0 Å².